The fraction of sp³-hybridized carbons (Fsp3) is 1.00. The quantitative estimate of drug-likeness (QED) is 0.780. The number of rotatable bonds is 6. The SMILES string of the molecule is CCOC1CCN(C2CCC(CO)(NC(C)C)C2)CC1. The highest BCUT2D eigenvalue weighted by Gasteiger charge is 2.41. The maximum absolute atomic E-state index is 9.79. The Hall–Kier alpha value is -0.160. The standard InChI is InChI=1S/C16H32N2O2/c1-4-20-15-6-9-18(10-7-15)14-5-8-16(11-14,12-19)17-13(2)3/h13-15,17,19H,4-12H2,1-3H3. The van der Waals surface area contributed by atoms with Crippen LogP contribution in [0, 0.1) is 0 Å². The predicted molar refractivity (Wildman–Crippen MR) is 81.9 cm³/mol. The Morgan fingerprint density at radius 3 is 2.55 bits per heavy atom. The molecule has 2 N–H and O–H groups in total. The molecule has 1 aliphatic carbocycles. The summed E-state index contributed by atoms with van der Waals surface area (Å²) in [5.74, 6) is 0. The van der Waals surface area contributed by atoms with Gasteiger partial charge in [-0.15, -0.1) is 0 Å². The Bertz CT molecular complexity index is 290. The Balaban J connectivity index is 1.83. The number of hydrogen-bond acceptors (Lipinski definition) is 4. The average Bonchev–Trinajstić information content (AvgIpc) is 2.84. The van der Waals surface area contributed by atoms with Crippen molar-refractivity contribution in [1.82, 2.24) is 10.2 Å². The van der Waals surface area contributed by atoms with Gasteiger partial charge < -0.3 is 20.1 Å². The van der Waals surface area contributed by atoms with E-state index in [0.29, 0.717) is 18.2 Å². The smallest absolute Gasteiger partial charge is 0.0614 e. The molecule has 4 nitrogen and oxygen atoms in total. The van der Waals surface area contributed by atoms with Crippen molar-refractivity contribution in [3.8, 4) is 0 Å². The third-order valence-corrected chi connectivity index (χ3v) is 4.88. The zero-order chi connectivity index (χ0) is 14.6. The van der Waals surface area contributed by atoms with E-state index in [4.69, 9.17) is 4.74 Å². The molecule has 1 saturated carbocycles. The van der Waals surface area contributed by atoms with Gasteiger partial charge in [-0.25, -0.2) is 0 Å². The number of piperidine rings is 1. The predicted octanol–water partition coefficient (Wildman–Crippen LogP) is 1.77. The van der Waals surface area contributed by atoms with Crippen molar-refractivity contribution in [2.75, 3.05) is 26.3 Å². The molecule has 1 aliphatic heterocycles. The molecule has 0 bridgehead atoms. The highest BCUT2D eigenvalue weighted by Crippen LogP contribution is 2.34. The maximum atomic E-state index is 9.79. The first-order chi connectivity index (χ1) is 9.58. The molecule has 0 spiro atoms. The molecule has 118 valence electrons. The van der Waals surface area contributed by atoms with E-state index in [1.54, 1.807) is 0 Å². The van der Waals surface area contributed by atoms with E-state index < -0.39 is 0 Å². The Kier molecular flexibility index (Phi) is 5.84. The van der Waals surface area contributed by atoms with Crippen LogP contribution in [-0.2, 0) is 4.74 Å². The summed E-state index contributed by atoms with van der Waals surface area (Å²) in [4.78, 5) is 2.62. The first-order valence-electron chi connectivity index (χ1n) is 8.33. The first-order valence-corrected chi connectivity index (χ1v) is 8.33. The van der Waals surface area contributed by atoms with Crippen molar-refractivity contribution in [3.63, 3.8) is 0 Å². The minimum absolute atomic E-state index is 0.0460. The van der Waals surface area contributed by atoms with Crippen molar-refractivity contribution in [2.45, 2.75) is 76.6 Å². The zero-order valence-corrected chi connectivity index (χ0v) is 13.4. The van der Waals surface area contributed by atoms with Crippen molar-refractivity contribution in [2.24, 2.45) is 0 Å². The second-order valence-corrected chi connectivity index (χ2v) is 6.82. The monoisotopic (exact) mass is 284 g/mol. The van der Waals surface area contributed by atoms with Crippen LogP contribution in [0.25, 0.3) is 0 Å². The Labute approximate surface area is 123 Å². The van der Waals surface area contributed by atoms with Gasteiger partial charge in [0.05, 0.1) is 12.7 Å². The number of aliphatic hydroxyl groups is 1. The largest absolute Gasteiger partial charge is 0.394 e. The van der Waals surface area contributed by atoms with E-state index in [1.807, 2.05) is 0 Å². The van der Waals surface area contributed by atoms with Gasteiger partial charge in [-0.05, 0) is 39.0 Å². The normalized spacial score (nSPS) is 33.1. The molecule has 2 fully saturated rings. The van der Waals surface area contributed by atoms with Gasteiger partial charge in [0.25, 0.3) is 0 Å². The van der Waals surface area contributed by atoms with Crippen LogP contribution in [0.3, 0.4) is 0 Å². The molecule has 20 heavy (non-hydrogen) atoms. The lowest BCUT2D eigenvalue weighted by molar-refractivity contribution is 0.00317. The van der Waals surface area contributed by atoms with Crippen LogP contribution in [-0.4, -0.2) is 60.0 Å². The summed E-state index contributed by atoms with van der Waals surface area (Å²) < 4.78 is 5.73. The molecule has 0 aromatic rings. The maximum Gasteiger partial charge on any atom is 0.0614 e. The molecular weight excluding hydrogens is 252 g/mol. The molecule has 2 aliphatic rings. The number of nitrogens with zero attached hydrogens (tertiary/aromatic N) is 1. The van der Waals surface area contributed by atoms with E-state index >= 15 is 0 Å². The van der Waals surface area contributed by atoms with E-state index in [0.717, 1.165) is 45.4 Å². The van der Waals surface area contributed by atoms with Crippen LogP contribution < -0.4 is 5.32 Å². The van der Waals surface area contributed by atoms with Gasteiger partial charge in [0, 0.05) is 37.3 Å². The molecular formula is C16H32N2O2. The van der Waals surface area contributed by atoms with Crippen LogP contribution in [0.5, 0.6) is 0 Å². The minimum atomic E-state index is -0.0460. The number of aliphatic hydroxyl groups excluding tert-OH is 1. The van der Waals surface area contributed by atoms with E-state index in [-0.39, 0.29) is 12.1 Å². The molecule has 0 amide bonds. The summed E-state index contributed by atoms with van der Waals surface area (Å²) in [6.45, 7) is 9.81. The average molecular weight is 284 g/mol. The summed E-state index contributed by atoms with van der Waals surface area (Å²) >= 11 is 0. The van der Waals surface area contributed by atoms with E-state index in [2.05, 4.69) is 31.0 Å². The van der Waals surface area contributed by atoms with Crippen LogP contribution in [0.4, 0.5) is 0 Å². The fourth-order valence-corrected chi connectivity index (χ4v) is 3.99. The summed E-state index contributed by atoms with van der Waals surface area (Å²) in [5, 5.41) is 13.4. The molecule has 1 heterocycles. The third-order valence-electron chi connectivity index (χ3n) is 4.88. The van der Waals surface area contributed by atoms with Crippen LogP contribution in [0.1, 0.15) is 52.9 Å². The second-order valence-electron chi connectivity index (χ2n) is 6.82. The fourth-order valence-electron chi connectivity index (χ4n) is 3.99. The molecule has 2 atom stereocenters. The Morgan fingerprint density at radius 2 is 2.00 bits per heavy atom. The van der Waals surface area contributed by atoms with Gasteiger partial charge in [0.2, 0.25) is 0 Å². The van der Waals surface area contributed by atoms with Gasteiger partial charge in [0.15, 0.2) is 0 Å². The van der Waals surface area contributed by atoms with Gasteiger partial charge in [-0.3, -0.25) is 0 Å². The van der Waals surface area contributed by atoms with Crippen molar-refractivity contribution in [3.05, 3.63) is 0 Å². The molecule has 2 rings (SSSR count). The molecule has 0 radical (unpaired) electrons. The van der Waals surface area contributed by atoms with E-state index in [1.165, 1.54) is 6.42 Å². The highest BCUT2D eigenvalue weighted by atomic mass is 16.5. The Morgan fingerprint density at radius 1 is 1.30 bits per heavy atom. The lowest BCUT2D eigenvalue weighted by Gasteiger charge is -2.37. The van der Waals surface area contributed by atoms with Crippen molar-refractivity contribution < 1.29 is 9.84 Å². The van der Waals surface area contributed by atoms with Gasteiger partial charge >= 0.3 is 0 Å². The molecule has 0 aromatic heterocycles. The minimum Gasteiger partial charge on any atom is -0.394 e. The van der Waals surface area contributed by atoms with Gasteiger partial charge in [0.1, 0.15) is 0 Å². The summed E-state index contributed by atoms with van der Waals surface area (Å²) in [7, 11) is 0. The zero-order valence-electron chi connectivity index (χ0n) is 13.4. The van der Waals surface area contributed by atoms with Crippen LogP contribution in [0.15, 0.2) is 0 Å². The van der Waals surface area contributed by atoms with Crippen LogP contribution in [0.2, 0.25) is 0 Å². The number of nitrogens with one attached hydrogen (secondary N) is 1. The van der Waals surface area contributed by atoms with Crippen molar-refractivity contribution >= 4 is 0 Å². The highest BCUT2D eigenvalue weighted by molar-refractivity contribution is 5.00. The number of likely N-dealkylation sites (tertiary alicyclic amines) is 1. The third kappa shape index (κ3) is 3.94. The summed E-state index contributed by atoms with van der Waals surface area (Å²) in [6, 6.07) is 1.07. The topological polar surface area (TPSA) is 44.7 Å². The molecule has 4 heteroatoms. The lowest BCUT2D eigenvalue weighted by Crippen LogP contribution is -2.51. The van der Waals surface area contributed by atoms with E-state index in [9.17, 15) is 5.11 Å². The van der Waals surface area contributed by atoms with Gasteiger partial charge in [-0.2, -0.15) is 0 Å². The van der Waals surface area contributed by atoms with Crippen molar-refractivity contribution in [1.29, 1.82) is 0 Å². The molecule has 2 unspecified atom stereocenters. The number of hydrogen-bond donors (Lipinski definition) is 2. The summed E-state index contributed by atoms with van der Waals surface area (Å²) in [5.41, 5.74) is -0.0460. The van der Waals surface area contributed by atoms with Gasteiger partial charge in [-0.1, -0.05) is 13.8 Å². The molecule has 0 aromatic carbocycles. The summed E-state index contributed by atoms with van der Waals surface area (Å²) in [6.07, 6.45) is 6.18. The second kappa shape index (κ2) is 7.21. The lowest BCUT2D eigenvalue weighted by atomic mass is 9.96. The number of ether oxygens (including phenoxy) is 1. The first kappa shape index (κ1) is 16.2. The van der Waals surface area contributed by atoms with Crippen LogP contribution >= 0.6 is 0 Å². The molecule has 1 saturated heterocycles.